The van der Waals surface area contributed by atoms with E-state index in [4.69, 9.17) is 23.2 Å². The second-order valence-corrected chi connectivity index (χ2v) is 7.55. The van der Waals surface area contributed by atoms with Crippen LogP contribution in [-0.2, 0) is 4.79 Å². The Kier molecular flexibility index (Phi) is 5.48. The summed E-state index contributed by atoms with van der Waals surface area (Å²) in [6.45, 7) is 0. The highest BCUT2D eigenvalue weighted by molar-refractivity contribution is 9.09. The fourth-order valence-electron chi connectivity index (χ4n) is 2.70. The number of thiazole rings is 1. The Hall–Kier alpha value is -1.41. The van der Waals surface area contributed by atoms with Gasteiger partial charge in [0.25, 0.3) is 0 Å². The van der Waals surface area contributed by atoms with Crippen molar-refractivity contribution < 1.29 is 9.90 Å². The van der Waals surface area contributed by atoms with Crippen LogP contribution in [0.2, 0.25) is 10.0 Å². The molecule has 0 bridgehead atoms. The Balaban J connectivity index is 2.23. The van der Waals surface area contributed by atoms with Crippen molar-refractivity contribution in [2.45, 2.75) is 6.04 Å². The third-order valence-electron chi connectivity index (χ3n) is 3.78. The van der Waals surface area contributed by atoms with Crippen LogP contribution in [0.3, 0.4) is 0 Å². The molecule has 130 valence electrons. The third kappa shape index (κ3) is 3.46. The molecule has 1 N–H and O–H groups in total. The van der Waals surface area contributed by atoms with Gasteiger partial charge in [0.05, 0.1) is 17.3 Å². The van der Waals surface area contributed by atoms with E-state index in [0.29, 0.717) is 37.5 Å². The van der Waals surface area contributed by atoms with Gasteiger partial charge < -0.3 is 10.0 Å². The molecule has 3 rings (SSSR count). The summed E-state index contributed by atoms with van der Waals surface area (Å²) < 4.78 is 0. The summed E-state index contributed by atoms with van der Waals surface area (Å²) >= 11 is 17.1. The molecule has 1 aromatic heterocycles. The van der Waals surface area contributed by atoms with Crippen molar-refractivity contribution in [1.82, 2.24) is 9.88 Å². The van der Waals surface area contributed by atoms with Crippen molar-refractivity contribution in [2.24, 2.45) is 4.99 Å². The number of amidine groups is 1. The Morgan fingerprint density at radius 1 is 1.44 bits per heavy atom. The lowest BCUT2D eigenvalue weighted by Crippen LogP contribution is -2.38. The van der Waals surface area contributed by atoms with Crippen LogP contribution in [0.1, 0.15) is 16.6 Å². The number of aliphatic imine (C=N–C) groups is 1. The number of hydrogen-bond acceptors (Lipinski definition) is 5. The standard InChI is InChI=1S/C16H12BrCl2N3O2S/c1-22-13(9-3-2-8(18)6-10(9)19)12(16(23)24)11(7-17)21-14(22)15-20-4-5-25-15/h2-6,13H,7H2,1H3,(H,23,24). The number of carboxylic acid groups (broad SMARTS) is 1. The predicted molar refractivity (Wildman–Crippen MR) is 104 cm³/mol. The van der Waals surface area contributed by atoms with E-state index in [1.54, 1.807) is 36.3 Å². The van der Waals surface area contributed by atoms with Gasteiger partial charge in [0, 0.05) is 34.0 Å². The molecule has 9 heteroatoms. The molecule has 0 radical (unpaired) electrons. The number of benzene rings is 1. The lowest BCUT2D eigenvalue weighted by Gasteiger charge is -2.35. The summed E-state index contributed by atoms with van der Waals surface area (Å²) in [6, 6.07) is 4.43. The molecule has 0 aliphatic carbocycles. The summed E-state index contributed by atoms with van der Waals surface area (Å²) in [5.74, 6) is -0.440. The highest BCUT2D eigenvalue weighted by atomic mass is 79.9. The average Bonchev–Trinajstić information content (AvgIpc) is 3.09. The molecule has 2 heterocycles. The lowest BCUT2D eigenvalue weighted by molar-refractivity contribution is -0.133. The molecule has 0 spiro atoms. The first kappa shape index (κ1) is 18.4. The van der Waals surface area contributed by atoms with Crippen molar-refractivity contribution in [2.75, 3.05) is 12.4 Å². The summed E-state index contributed by atoms with van der Waals surface area (Å²) in [4.78, 5) is 22.6. The van der Waals surface area contributed by atoms with Crippen LogP contribution in [0.5, 0.6) is 0 Å². The van der Waals surface area contributed by atoms with Gasteiger partial charge in [0.1, 0.15) is 0 Å². The van der Waals surface area contributed by atoms with Crippen LogP contribution in [0.15, 0.2) is 46.0 Å². The van der Waals surface area contributed by atoms with E-state index in [0.717, 1.165) is 0 Å². The molecule has 1 unspecified atom stereocenters. The van der Waals surface area contributed by atoms with Crippen LogP contribution in [0, 0.1) is 0 Å². The first-order valence-electron chi connectivity index (χ1n) is 7.12. The van der Waals surface area contributed by atoms with Crippen molar-refractivity contribution >= 4 is 62.3 Å². The fourth-order valence-corrected chi connectivity index (χ4v) is 4.31. The second kappa shape index (κ2) is 7.45. The molecular formula is C16H12BrCl2N3O2S. The van der Waals surface area contributed by atoms with E-state index < -0.39 is 12.0 Å². The lowest BCUT2D eigenvalue weighted by atomic mass is 9.94. The number of nitrogens with zero attached hydrogens (tertiary/aromatic N) is 3. The van der Waals surface area contributed by atoms with Gasteiger partial charge >= 0.3 is 5.97 Å². The number of carboxylic acids is 1. The molecular weight excluding hydrogens is 449 g/mol. The Morgan fingerprint density at radius 3 is 2.76 bits per heavy atom. The van der Waals surface area contributed by atoms with E-state index in [-0.39, 0.29) is 5.57 Å². The molecule has 5 nitrogen and oxygen atoms in total. The van der Waals surface area contributed by atoms with Gasteiger partial charge in [-0.25, -0.2) is 14.8 Å². The van der Waals surface area contributed by atoms with E-state index in [1.807, 2.05) is 5.38 Å². The molecule has 2 aromatic rings. The largest absolute Gasteiger partial charge is 0.478 e. The van der Waals surface area contributed by atoms with E-state index >= 15 is 0 Å². The first-order chi connectivity index (χ1) is 11.9. The van der Waals surface area contributed by atoms with Crippen LogP contribution >= 0.6 is 50.5 Å². The molecule has 1 aliphatic heterocycles. The number of aliphatic carboxylic acids is 1. The van der Waals surface area contributed by atoms with Crippen LogP contribution in [0.25, 0.3) is 0 Å². The van der Waals surface area contributed by atoms with Crippen molar-refractivity contribution in [1.29, 1.82) is 0 Å². The summed E-state index contributed by atoms with van der Waals surface area (Å²) in [5.41, 5.74) is 1.25. The van der Waals surface area contributed by atoms with Crippen molar-refractivity contribution in [3.63, 3.8) is 0 Å². The number of halogens is 3. The van der Waals surface area contributed by atoms with Crippen LogP contribution in [0.4, 0.5) is 0 Å². The smallest absolute Gasteiger partial charge is 0.335 e. The molecule has 1 atom stereocenters. The maximum atomic E-state index is 12.0. The molecule has 0 saturated heterocycles. The number of hydrogen-bond donors (Lipinski definition) is 1. The van der Waals surface area contributed by atoms with Gasteiger partial charge in [0.2, 0.25) is 0 Å². The van der Waals surface area contributed by atoms with Crippen molar-refractivity contribution in [3.8, 4) is 0 Å². The summed E-state index contributed by atoms with van der Waals surface area (Å²) in [6.07, 6.45) is 1.69. The second-order valence-electron chi connectivity index (χ2n) is 5.25. The first-order valence-corrected chi connectivity index (χ1v) is 9.88. The highest BCUT2D eigenvalue weighted by Crippen LogP contribution is 2.39. The summed E-state index contributed by atoms with van der Waals surface area (Å²) in [7, 11) is 1.78. The monoisotopic (exact) mass is 459 g/mol. The predicted octanol–water partition coefficient (Wildman–Crippen LogP) is 4.62. The third-order valence-corrected chi connectivity index (χ3v) is 5.65. The van der Waals surface area contributed by atoms with E-state index in [2.05, 4.69) is 25.9 Å². The minimum Gasteiger partial charge on any atom is -0.478 e. The van der Waals surface area contributed by atoms with Gasteiger partial charge in [0.15, 0.2) is 10.8 Å². The Morgan fingerprint density at radius 2 is 2.20 bits per heavy atom. The van der Waals surface area contributed by atoms with Gasteiger partial charge in [-0.05, 0) is 17.7 Å². The quantitative estimate of drug-likeness (QED) is 0.676. The zero-order valence-corrected chi connectivity index (χ0v) is 16.8. The van der Waals surface area contributed by atoms with Crippen molar-refractivity contribution in [3.05, 3.63) is 61.7 Å². The topological polar surface area (TPSA) is 65.8 Å². The maximum absolute atomic E-state index is 12.0. The minimum atomic E-state index is -1.04. The average molecular weight is 461 g/mol. The molecule has 0 saturated carbocycles. The summed E-state index contributed by atoms with van der Waals surface area (Å²) in [5, 5.41) is 13.5. The number of allylic oxidation sites excluding steroid dienone is 1. The zero-order chi connectivity index (χ0) is 18.1. The Bertz CT molecular complexity index is 884. The molecule has 1 aromatic carbocycles. The van der Waals surface area contributed by atoms with Gasteiger partial charge in [-0.2, -0.15) is 0 Å². The van der Waals surface area contributed by atoms with Crippen LogP contribution < -0.4 is 0 Å². The Labute approximate surface area is 166 Å². The SMILES string of the molecule is CN1C(c2nccs2)=NC(CBr)=C(C(=O)O)C1c1ccc(Cl)cc1Cl. The van der Waals surface area contributed by atoms with Gasteiger partial charge in [-0.3, -0.25) is 0 Å². The molecule has 25 heavy (non-hydrogen) atoms. The fraction of sp³-hybridized carbons (Fsp3) is 0.188. The maximum Gasteiger partial charge on any atom is 0.335 e. The normalized spacial score (nSPS) is 17.7. The minimum absolute atomic E-state index is 0.170. The molecule has 1 aliphatic rings. The van der Waals surface area contributed by atoms with E-state index in [9.17, 15) is 9.90 Å². The molecule has 0 amide bonds. The van der Waals surface area contributed by atoms with Gasteiger partial charge in [-0.15, -0.1) is 11.3 Å². The number of rotatable bonds is 4. The van der Waals surface area contributed by atoms with Gasteiger partial charge in [-0.1, -0.05) is 45.2 Å². The number of carbonyl (C=O) groups is 1. The molecule has 0 fully saturated rings. The number of aromatic nitrogens is 1. The van der Waals surface area contributed by atoms with Crippen LogP contribution in [-0.4, -0.2) is 39.2 Å². The zero-order valence-electron chi connectivity index (χ0n) is 12.9. The number of likely N-dealkylation sites (N-methyl/N-ethyl adjacent to an activating group) is 1. The van der Waals surface area contributed by atoms with E-state index in [1.165, 1.54) is 11.3 Å². The highest BCUT2D eigenvalue weighted by Gasteiger charge is 2.36. The number of alkyl halides is 1.